The van der Waals surface area contributed by atoms with Crippen LogP contribution in [-0.2, 0) is 4.79 Å². The van der Waals surface area contributed by atoms with Crippen LogP contribution >= 0.6 is 0 Å². The number of hydrogen-bond acceptors (Lipinski definition) is 8. The quantitative estimate of drug-likeness (QED) is 0.283. The molecule has 1 aromatic heterocycles. The van der Waals surface area contributed by atoms with Crippen molar-refractivity contribution in [2.24, 2.45) is 5.92 Å². The lowest BCUT2D eigenvalue weighted by Crippen LogP contribution is -2.33. The maximum Gasteiger partial charge on any atom is 0.573 e. The van der Waals surface area contributed by atoms with E-state index in [2.05, 4.69) is 25.6 Å². The highest BCUT2D eigenvalue weighted by Crippen LogP contribution is 2.27. The van der Waals surface area contributed by atoms with Gasteiger partial charge < -0.3 is 29.6 Å². The van der Waals surface area contributed by atoms with Gasteiger partial charge in [0.25, 0.3) is 11.8 Å². The number of alkyl halides is 3. The van der Waals surface area contributed by atoms with Crippen molar-refractivity contribution in [1.29, 1.82) is 0 Å². The van der Waals surface area contributed by atoms with Crippen LogP contribution in [0.15, 0.2) is 52.9 Å². The number of anilines is 1. The van der Waals surface area contributed by atoms with Crippen LogP contribution in [0.5, 0.6) is 11.8 Å². The van der Waals surface area contributed by atoms with Crippen molar-refractivity contribution in [2.45, 2.75) is 39.1 Å². The number of carboxylic acid groups (broad SMARTS) is 1. The zero-order chi connectivity index (χ0) is 27.7. The summed E-state index contributed by atoms with van der Waals surface area (Å²) in [5, 5.41) is 22.3. The summed E-state index contributed by atoms with van der Waals surface area (Å²) in [6, 6.07) is 11.6. The number of ether oxygens (including phenoxy) is 2. The average molecular weight is 537 g/mol. The summed E-state index contributed by atoms with van der Waals surface area (Å²) in [6.07, 6.45) is -4.20. The lowest BCUT2D eigenvalue weighted by Gasteiger charge is -2.24. The zero-order valence-electron chi connectivity index (χ0n) is 20.6. The maximum atomic E-state index is 12.3. The Labute approximate surface area is 216 Å². The van der Waals surface area contributed by atoms with Crippen LogP contribution in [0.2, 0.25) is 0 Å². The Morgan fingerprint density at radius 2 is 1.76 bits per heavy atom. The molecule has 2 aromatic carbocycles. The number of rotatable bonds is 13. The molecule has 1 heterocycles. The highest BCUT2D eigenvalue weighted by atomic mass is 19.4. The number of carbonyl (C=O) groups is 2. The molecule has 3 N–H and O–H groups in total. The van der Waals surface area contributed by atoms with Crippen LogP contribution in [0.3, 0.4) is 0 Å². The number of halogens is 3. The van der Waals surface area contributed by atoms with Gasteiger partial charge in [0.05, 0.1) is 12.5 Å². The molecule has 1 amide bonds. The van der Waals surface area contributed by atoms with E-state index in [1.54, 1.807) is 24.3 Å². The van der Waals surface area contributed by atoms with Gasteiger partial charge in [-0.05, 0) is 54.4 Å². The number of benzene rings is 2. The number of nitrogens with zero attached hydrogens (tertiary/aromatic N) is 2. The summed E-state index contributed by atoms with van der Waals surface area (Å²) in [6.45, 7) is 4.28. The van der Waals surface area contributed by atoms with Gasteiger partial charge in [-0.1, -0.05) is 25.4 Å². The zero-order valence-corrected chi connectivity index (χ0v) is 20.6. The number of nitrogens with one attached hydrogen (secondary N) is 2. The molecule has 10 nitrogen and oxygen atoms in total. The fraction of sp³-hybridized carbons (Fsp3) is 0.360. The molecule has 1 unspecified atom stereocenters. The molecule has 0 aliphatic rings. The van der Waals surface area contributed by atoms with Crippen LogP contribution < -0.4 is 20.1 Å². The molecule has 3 rings (SSSR count). The van der Waals surface area contributed by atoms with Gasteiger partial charge in [0.1, 0.15) is 12.4 Å². The van der Waals surface area contributed by atoms with E-state index in [1.807, 2.05) is 13.8 Å². The number of aromatic nitrogens is 2. The molecule has 38 heavy (non-hydrogen) atoms. The third kappa shape index (κ3) is 8.68. The lowest BCUT2D eigenvalue weighted by atomic mass is 9.99. The second kappa shape index (κ2) is 12.8. The molecule has 0 aliphatic heterocycles. The third-order valence-corrected chi connectivity index (χ3v) is 5.58. The normalized spacial score (nSPS) is 12.9. The Morgan fingerprint density at radius 1 is 1.08 bits per heavy atom. The van der Waals surface area contributed by atoms with E-state index >= 15 is 0 Å². The second-order valence-electron chi connectivity index (χ2n) is 8.37. The van der Waals surface area contributed by atoms with Crippen LogP contribution in [0, 0.1) is 5.92 Å². The second-order valence-corrected chi connectivity index (χ2v) is 8.37. The molecule has 204 valence electrons. The van der Waals surface area contributed by atoms with Crippen molar-refractivity contribution < 1.29 is 41.8 Å². The minimum atomic E-state index is -4.78. The number of aliphatic carboxylic acids is 1. The van der Waals surface area contributed by atoms with Crippen LogP contribution in [-0.4, -0.2) is 52.7 Å². The van der Waals surface area contributed by atoms with E-state index in [1.165, 1.54) is 12.1 Å². The highest BCUT2D eigenvalue weighted by Gasteiger charge is 2.31. The van der Waals surface area contributed by atoms with E-state index in [4.69, 9.17) is 14.3 Å². The minimum absolute atomic E-state index is 0.0385. The summed E-state index contributed by atoms with van der Waals surface area (Å²) >= 11 is 0. The number of hydrogen-bond donors (Lipinski definition) is 3. The SMILES string of the molecule is CCC(C)[C@@H](COc1nnc(-c2ccc(OC(F)(F)F)cc2)o1)Nc1ccc(C(=O)NCCC(=O)O)cc1. The Morgan fingerprint density at radius 3 is 2.37 bits per heavy atom. The molecule has 0 bridgehead atoms. The summed E-state index contributed by atoms with van der Waals surface area (Å²) < 4.78 is 52.0. The Kier molecular flexibility index (Phi) is 9.52. The molecule has 0 spiro atoms. The summed E-state index contributed by atoms with van der Waals surface area (Å²) in [7, 11) is 0. The standard InChI is InChI=1S/C25H27F3N4O6/c1-3-15(2)20(30-18-8-4-16(5-9-18)22(35)29-13-12-21(33)34)14-36-24-32-31-23(37-24)17-6-10-19(11-7-17)38-25(26,27)28/h4-11,15,20,30H,3,12-14H2,1-2H3,(H,29,35)(H,33,34)/t15?,20-/m1/s1. The van der Waals surface area contributed by atoms with E-state index < -0.39 is 12.3 Å². The van der Waals surface area contributed by atoms with Gasteiger partial charge in [-0.15, -0.1) is 18.3 Å². The molecule has 0 fully saturated rings. The maximum absolute atomic E-state index is 12.3. The predicted octanol–water partition coefficient (Wildman–Crippen LogP) is 4.75. The summed E-state index contributed by atoms with van der Waals surface area (Å²) in [5.74, 6) is -1.48. The summed E-state index contributed by atoms with van der Waals surface area (Å²) in [5.41, 5.74) is 1.53. The first kappa shape index (κ1) is 28.3. The first-order valence-electron chi connectivity index (χ1n) is 11.7. The van der Waals surface area contributed by atoms with E-state index in [9.17, 15) is 22.8 Å². The van der Waals surface area contributed by atoms with Gasteiger partial charge >= 0.3 is 18.4 Å². The predicted molar refractivity (Wildman–Crippen MR) is 130 cm³/mol. The Bertz CT molecular complexity index is 1200. The van der Waals surface area contributed by atoms with Crippen LogP contribution in [0.25, 0.3) is 11.5 Å². The molecule has 2 atom stereocenters. The Balaban J connectivity index is 1.58. The average Bonchev–Trinajstić information content (AvgIpc) is 3.34. The first-order valence-corrected chi connectivity index (χ1v) is 11.7. The van der Waals surface area contributed by atoms with Gasteiger partial charge in [-0.2, -0.15) is 0 Å². The molecule has 13 heteroatoms. The van der Waals surface area contributed by atoms with Crippen molar-refractivity contribution >= 4 is 17.6 Å². The molecule has 3 aromatic rings. The van der Waals surface area contributed by atoms with Crippen LogP contribution in [0.1, 0.15) is 37.0 Å². The fourth-order valence-corrected chi connectivity index (χ4v) is 3.29. The third-order valence-electron chi connectivity index (χ3n) is 5.58. The highest BCUT2D eigenvalue weighted by molar-refractivity contribution is 5.94. The monoisotopic (exact) mass is 536 g/mol. The van der Waals surface area contributed by atoms with Gasteiger partial charge in [0.2, 0.25) is 0 Å². The smallest absolute Gasteiger partial charge is 0.481 e. The minimum Gasteiger partial charge on any atom is -0.481 e. The van der Waals surface area contributed by atoms with Crippen molar-refractivity contribution in [3.63, 3.8) is 0 Å². The first-order chi connectivity index (χ1) is 18.0. The molecule has 0 saturated heterocycles. The van der Waals surface area contributed by atoms with Crippen molar-refractivity contribution in [2.75, 3.05) is 18.5 Å². The van der Waals surface area contributed by atoms with Crippen molar-refractivity contribution in [1.82, 2.24) is 15.5 Å². The number of carboxylic acids is 1. The fourth-order valence-electron chi connectivity index (χ4n) is 3.29. The van der Waals surface area contributed by atoms with Gasteiger partial charge in [0, 0.05) is 23.4 Å². The molecular weight excluding hydrogens is 509 g/mol. The molecule has 0 aliphatic carbocycles. The number of amides is 1. The van der Waals surface area contributed by atoms with Gasteiger partial charge in [0.15, 0.2) is 0 Å². The lowest BCUT2D eigenvalue weighted by molar-refractivity contribution is -0.274. The molecular formula is C25H27F3N4O6. The van der Waals surface area contributed by atoms with Gasteiger partial charge in [-0.25, -0.2) is 0 Å². The number of carbonyl (C=O) groups excluding carboxylic acids is 1. The van der Waals surface area contributed by atoms with E-state index in [-0.39, 0.29) is 55.2 Å². The molecule has 0 saturated carbocycles. The van der Waals surface area contributed by atoms with E-state index in [0.717, 1.165) is 24.2 Å². The topological polar surface area (TPSA) is 136 Å². The summed E-state index contributed by atoms with van der Waals surface area (Å²) in [4.78, 5) is 22.7. The van der Waals surface area contributed by atoms with E-state index in [0.29, 0.717) is 11.1 Å². The van der Waals surface area contributed by atoms with Crippen molar-refractivity contribution in [3.8, 4) is 23.3 Å². The van der Waals surface area contributed by atoms with Crippen LogP contribution in [0.4, 0.5) is 18.9 Å². The van der Waals surface area contributed by atoms with Gasteiger partial charge in [-0.3, -0.25) is 9.59 Å². The Hall–Kier alpha value is -4.29. The van der Waals surface area contributed by atoms with Crippen molar-refractivity contribution in [3.05, 3.63) is 54.1 Å². The largest absolute Gasteiger partial charge is 0.573 e. The molecule has 0 radical (unpaired) electrons.